The van der Waals surface area contributed by atoms with Gasteiger partial charge in [0.2, 0.25) is 12.3 Å². The Bertz CT molecular complexity index is 2170. The lowest BCUT2D eigenvalue weighted by Gasteiger charge is -2.38. The van der Waals surface area contributed by atoms with Crippen molar-refractivity contribution in [2.24, 2.45) is 11.3 Å². The van der Waals surface area contributed by atoms with Crippen molar-refractivity contribution in [3.05, 3.63) is 83.7 Å². The summed E-state index contributed by atoms with van der Waals surface area (Å²) in [5.74, 6) is -0.964. The molecule has 0 spiro atoms. The van der Waals surface area contributed by atoms with Crippen LogP contribution in [0, 0.1) is 17.2 Å². The number of carbonyl (C=O) groups excluding carboxylic acids is 4. The average Bonchev–Trinajstić information content (AvgIpc) is 3.55. The summed E-state index contributed by atoms with van der Waals surface area (Å²) in [7, 11) is 1.20. The molecule has 2 aliphatic heterocycles. The third-order valence-electron chi connectivity index (χ3n) is 10.9. The van der Waals surface area contributed by atoms with Crippen LogP contribution in [0.25, 0.3) is 22.4 Å². The summed E-state index contributed by atoms with van der Waals surface area (Å²) in [5, 5.41) is 4.64. The molecular formula is C45H56F4N8O5. The maximum absolute atomic E-state index is 15.4. The zero-order chi connectivity index (χ0) is 45.4. The van der Waals surface area contributed by atoms with E-state index in [0.29, 0.717) is 61.6 Å². The quantitative estimate of drug-likeness (QED) is 0.112. The van der Waals surface area contributed by atoms with Gasteiger partial charge >= 0.3 is 12.3 Å². The standard InChI is InChI=1S/C37H38F4N8O5.C5H10.C3H8/c1-21-12-31(49(18-21)33(51)17-44-36(53)54-3)34-43-16-30(45-34)24-6-4-23(5-7-24)26-13-28(38)29(14-27(26)37(39,40)41)46-35(52)25-8-9-32(42-15-25)47-10-11-48(20-50)22(2)19-47;1-5(2)3-4-5;1-3-2/h4-9,13-16,20-22,31H,10-12,17-19H2,1-3H3,(H,43,45)(H,44,53)(H,46,52);3-4H2,1-2H3;3H2,1-2H3. The Hall–Kier alpha value is -6.00. The van der Waals surface area contributed by atoms with Crippen LogP contribution in [0.2, 0.25) is 0 Å². The van der Waals surface area contributed by atoms with Gasteiger partial charge in [-0.25, -0.2) is 19.2 Å². The Kier molecular flexibility index (Phi) is 15.4. The van der Waals surface area contributed by atoms with Crippen LogP contribution >= 0.6 is 0 Å². The molecule has 13 nitrogen and oxygen atoms in total. The molecule has 1 aliphatic carbocycles. The SMILES string of the molecule is CC1(C)CC1.CCC.COC(=O)NCC(=O)N1CC(C)CC1c1ncc(-c2ccc(-c3cc(F)c(NC(=O)c4ccc(N5CCN(C=O)C(C)C5)nc4)cc3C(F)(F)F)cc2)[nH]1. The van der Waals surface area contributed by atoms with Gasteiger partial charge in [0.05, 0.1) is 41.9 Å². The number of ether oxygens (including phenoxy) is 1. The minimum absolute atomic E-state index is 0.0187. The number of pyridine rings is 1. The Labute approximate surface area is 359 Å². The predicted octanol–water partition coefficient (Wildman–Crippen LogP) is 8.70. The third-order valence-corrected chi connectivity index (χ3v) is 10.9. The fraction of sp³-hybridized carbons (Fsp3) is 0.467. The summed E-state index contributed by atoms with van der Waals surface area (Å²) in [6.45, 7) is 14.5. The Morgan fingerprint density at radius 3 is 2.19 bits per heavy atom. The highest BCUT2D eigenvalue weighted by Crippen LogP contribution is 2.44. The van der Waals surface area contributed by atoms with E-state index >= 15 is 4.39 Å². The van der Waals surface area contributed by atoms with Gasteiger partial charge in [-0.3, -0.25) is 14.4 Å². The number of rotatable bonds is 9. The molecule has 2 saturated heterocycles. The van der Waals surface area contributed by atoms with E-state index in [-0.39, 0.29) is 41.6 Å². The fourth-order valence-electron chi connectivity index (χ4n) is 7.01. The number of nitrogens with zero attached hydrogens (tertiary/aromatic N) is 5. The molecule has 17 heteroatoms. The monoisotopic (exact) mass is 864 g/mol. The molecule has 1 saturated carbocycles. The summed E-state index contributed by atoms with van der Waals surface area (Å²) in [4.78, 5) is 65.7. The van der Waals surface area contributed by atoms with Gasteiger partial charge in [-0.05, 0) is 78.5 Å². The van der Waals surface area contributed by atoms with E-state index in [1.54, 1.807) is 34.2 Å². The van der Waals surface area contributed by atoms with Crippen molar-refractivity contribution in [3.63, 3.8) is 0 Å². The third kappa shape index (κ3) is 12.1. The predicted molar refractivity (Wildman–Crippen MR) is 229 cm³/mol. The van der Waals surface area contributed by atoms with E-state index in [9.17, 15) is 32.3 Å². The number of alkyl carbamates (subject to hydrolysis) is 1. The molecule has 3 aliphatic rings. The summed E-state index contributed by atoms with van der Waals surface area (Å²) in [5.41, 5.74) is -0.210. The summed E-state index contributed by atoms with van der Waals surface area (Å²) in [6, 6.07) is 9.92. The Balaban J connectivity index is 0.000000825. The summed E-state index contributed by atoms with van der Waals surface area (Å²) >= 11 is 0. The number of imidazole rings is 1. The molecule has 0 radical (unpaired) electrons. The molecule has 3 N–H and O–H groups in total. The first-order valence-electron chi connectivity index (χ1n) is 20.8. The number of carbonyl (C=O) groups is 4. The fourth-order valence-corrected chi connectivity index (χ4v) is 7.01. The molecule has 62 heavy (non-hydrogen) atoms. The van der Waals surface area contributed by atoms with Gasteiger partial charge in [0.15, 0.2) is 0 Å². The maximum Gasteiger partial charge on any atom is 0.417 e. The van der Waals surface area contributed by atoms with Crippen LogP contribution in [0.15, 0.2) is 60.9 Å². The van der Waals surface area contributed by atoms with Gasteiger partial charge < -0.3 is 35.1 Å². The zero-order valence-corrected chi connectivity index (χ0v) is 36.2. The number of H-pyrrole nitrogens is 1. The highest BCUT2D eigenvalue weighted by molar-refractivity contribution is 6.04. The number of aromatic amines is 1. The van der Waals surface area contributed by atoms with E-state index in [1.165, 1.54) is 50.8 Å². The van der Waals surface area contributed by atoms with Crippen LogP contribution in [0.1, 0.15) is 95.0 Å². The van der Waals surface area contributed by atoms with E-state index in [4.69, 9.17) is 0 Å². The Morgan fingerprint density at radius 2 is 1.63 bits per heavy atom. The number of hydrogen-bond acceptors (Lipinski definition) is 8. The second-order valence-corrected chi connectivity index (χ2v) is 16.8. The number of likely N-dealkylation sites (tertiary alicyclic amines) is 1. The van der Waals surface area contributed by atoms with Gasteiger partial charge in [0, 0.05) is 38.4 Å². The number of methoxy groups -OCH3 is 1. The smallest absolute Gasteiger partial charge is 0.417 e. The number of hydrogen-bond donors (Lipinski definition) is 3. The molecule has 0 bridgehead atoms. The molecule has 3 fully saturated rings. The van der Waals surface area contributed by atoms with Crippen molar-refractivity contribution in [3.8, 4) is 22.4 Å². The van der Waals surface area contributed by atoms with Crippen LogP contribution in [0.4, 0.5) is 33.9 Å². The van der Waals surface area contributed by atoms with Crippen LogP contribution < -0.4 is 15.5 Å². The van der Waals surface area contributed by atoms with E-state index < -0.39 is 40.8 Å². The molecule has 4 amide bonds. The number of halogens is 4. The van der Waals surface area contributed by atoms with E-state index in [0.717, 1.165) is 17.9 Å². The van der Waals surface area contributed by atoms with Gasteiger partial charge in [0.25, 0.3) is 5.91 Å². The Morgan fingerprint density at radius 1 is 0.968 bits per heavy atom. The lowest BCUT2D eigenvalue weighted by Crippen LogP contribution is -2.51. The van der Waals surface area contributed by atoms with E-state index in [1.807, 2.05) is 18.7 Å². The molecule has 3 unspecified atom stereocenters. The average molecular weight is 865 g/mol. The second kappa shape index (κ2) is 20.2. The minimum Gasteiger partial charge on any atom is -0.453 e. The lowest BCUT2D eigenvalue weighted by molar-refractivity contribution is -0.137. The number of nitrogens with one attached hydrogen (secondary N) is 3. The van der Waals surface area contributed by atoms with Crippen LogP contribution in [0.5, 0.6) is 0 Å². The number of amides is 4. The van der Waals surface area contributed by atoms with Crippen molar-refractivity contribution in [2.75, 3.05) is 50.1 Å². The van der Waals surface area contributed by atoms with Gasteiger partial charge in [0.1, 0.15) is 24.0 Å². The van der Waals surface area contributed by atoms with Gasteiger partial charge in [-0.2, -0.15) is 13.2 Å². The zero-order valence-electron chi connectivity index (χ0n) is 36.2. The highest BCUT2D eigenvalue weighted by Gasteiger charge is 2.37. The van der Waals surface area contributed by atoms with Crippen molar-refractivity contribution in [1.82, 2.24) is 30.1 Å². The lowest BCUT2D eigenvalue weighted by atomic mass is 9.96. The number of anilines is 2. The first-order chi connectivity index (χ1) is 29.4. The van der Waals surface area contributed by atoms with Crippen molar-refractivity contribution in [2.45, 2.75) is 85.5 Å². The first kappa shape index (κ1) is 47.1. The number of piperazine rings is 1. The van der Waals surface area contributed by atoms with Crippen molar-refractivity contribution >= 4 is 35.8 Å². The van der Waals surface area contributed by atoms with E-state index in [2.05, 4.69) is 58.0 Å². The van der Waals surface area contributed by atoms with Gasteiger partial charge in [-0.1, -0.05) is 65.3 Å². The normalized spacial score (nSPS) is 19.0. The largest absolute Gasteiger partial charge is 0.453 e. The summed E-state index contributed by atoms with van der Waals surface area (Å²) < 4.78 is 63.1. The molecule has 3 atom stereocenters. The maximum atomic E-state index is 15.4. The molecule has 2 aromatic carbocycles. The second-order valence-electron chi connectivity index (χ2n) is 16.8. The number of alkyl halides is 3. The van der Waals surface area contributed by atoms with Crippen LogP contribution in [0.3, 0.4) is 0 Å². The number of aromatic nitrogens is 3. The minimum atomic E-state index is -4.89. The molecule has 2 aromatic heterocycles. The molecule has 4 heterocycles. The van der Waals surface area contributed by atoms with Crippen molar-refractivity contribution < 1.29 is 41.5 Å². The number of benzene rings is 2. The van der Waals surface area contributed by atoms with Crippen LogP contribution in [-0.2, 0) is 20.5 Å². The molecule has 4 aromatic rings. The molecule has 334 valence electrons. The topological polar surface area (TPSA) is 153 Å². The van der Waals surface area contributed by atoms with Crippen LogP contribution in [-0.4, -0.2) is 94.9 Å². The summed E-state index contributed by atoms with van der Waals surface area (Å²) in [6.07, 6.45) is 2.78. The molecular weight excluding hydrogens is 809 g/mol. The highest BCUT2D eigenvalue weighted by atomic mass is 19.4. The molecule has 7 rings (SSSR count). The van der Waals surface area contributed by atoms with Crippen molar-refractivity contribution in [1.29, 1.82) is 0 Å². The first-order valence-corrected chi connectivity index (χ1v) is 20.8. The van der Waals surface area contributed by atoms with Gasteiger partial charge in [-0.15, -0.1) is 0 Å².